The number of imidazole rings is 1. The average Bonchev–Trinajstić information content (AvgIpc) is 3.16. The van der Waals surface area contributed by atoms with Crippen LogP contribution in [0.2, 0.25) is 0 Å². The second-order valence-corrected chi connectivity index (χ2v) is 6.54. The number of alkyl halides is 3. The van der Waals surface area contributed by atoms with Gasteiger partial charge in [-0.2, -0.15) is 18.2 Å². The Labute approximate surface area is 156 Å². The number of nitrogens with one attached hydrogen (secondary N) is 2. The van der Waals surface area contributed by atoms with Gasteiger partial charge in [-0.3, -0.25) is 14.8 Å². The number of aromatic amines is 1. The summed E-state index contributed by atoms with van der Waals surface area (Å²) in [7, 11) is 0. The second-order valence-electron chi connectivity index (χ2n) is 6.54. The van der Waals surface area contributed by atoms with Crippen molar-refractivity contribution in [3.63, 3.8) is 0 Å². The maximum Gasteiger partial charge on any atom is 0.422 e. The lowest BCUT2D eigenvalue weighted by Gasteiger charge is -2.23. The van der Waals surface area contributed by atoms with Crippen molar-refractivity contribution in [2.75, 3.05) is 19.7 Å². The number of piperidine rings is 1. The van der Waals surface area contributed by atoms with Crippen LogP contribution in [-0.4, -0.2) is 50.4 Å². The maximum absolute atomic E-state index is 12.4. The van der Waals surface area contributed by atoms with E-state index in [9.17, 15) is 18.0 Å². The van der Waals surface area contributed by atoms with Crippen LogP contribution in [0.1, 0.15) is 18.9 Å². The third kappa shape index (κ3) is 3.84. The van der Waals surface area contributed by atoms with Crippen molar-refractivity contribution < 1.29 is 17.9 Å². The predicted molar refractivity (Wildman–Crippen MR) is 94.1 cm³/mol. The van der Waals surface area contributed by atoms with Crippen LogP contribution in [-0.2, 0) is 0 Å². The molecule has 1 fully saturated rings. The molecule has 1 aliphatic rings. The third-order valence-corrected chi connectivity index (χ3v) is 4.51. The fraction of sp³-hybridized carbons (Fsp3) is 0.412. The Morgan fingerprint density at radius 1 is 1.32 bits per heavy atom. The van der Waals surface area contributed by atoms with Crippen molar-refractivity contribution in [3.8, 4) is 17.4 Å². The number of pyridine rings is 1. The molecule has 3 aromatic rings. The third-order valence-electron chi connectivity index (χ3n) is 4.51. The molecular formula is C17H17F3N6O2. The first kappa shape index (κ1) is 18.4. The van der Waals surface area contributed by atoms with Gasteiger partial charge in [0.25, 0.3) is 11.6 Å². The molecule has 8 nitrogen and oxygen atoms in total. The molecule has 1 unspecified atom stereocenters. The van der Waals surface area contributed by atoms with Gasteiger partial charge in [-0.1, -0.05) is 0 Å². The van der Waals surface area contributed by atoms with E-state index in [-0.39, 0.29) is 16.9 Å². The number of hydrogen-bond donors (Lipinski definition) is 2. The van der Waals surface area contributed by atoms with Crippen LogP contribution in [0.5, 0.6) is 6.01 Å². The van der Waals surface area contributed by atoms with Gasteiger partial charge in [0.05, 0.1) is 11.7 Å². The number of nitrogens with zero attached hydrogens (tertiary/aromatic N) is 4. The molecule has 0 spiro atoms. The fourth-order valence-electron chi connectivity index (χ4n) is 3.20. The highest BCUT2D eigenvalue weighted by Crippen LogP contribution is 2.25. The van der Waals surface area contributed by atoms with E-state index in [0.29, 0.717) is 11.4 Å². The van der Waals surface area contributed by atoms with Crippen molar-refractivity contribution in [3.05, 3.63) is 35.1 Å². The summed E-state index contributed by atoms with van der Waals surface area (Å²) in [5.41, 5.74) is 0.316. The standard InChI is InChI=1S/C17H17F3N6O2/c18-17(19,20)8-28-16-24-13-11(15(27)25-16)3-5-22-14(13)12-7-26(9-23-12)10-2-1-4-21-6-10/h3,5,7,9-10,21H,1-2,4,6,8H2,(H,24,25,27). The topological polar surface area (TPSA) is 97.7 Å². The van der Waals surface area contributed by atoms with Crippen LogP contribution in [0.4, 0.5) is 13.2 Å². The number of halogens is 3. The molecule has 4 heterocycles. The summed E-state index contributed by atoms with van der Waals surface area (Å²) in [5, 5.41) is 3.52. The first-order valence-electron chi connectivity index (χ1n) is 8.74. The van der Waals surface area contributed by atoms with Gasteiger partial charge in [-0.25, -0.2) is 4.98 Å². The van der Waals surface area contributed by atoms with Crippen molar-refractivity contribution in [1.29, 1.82) is 0 Å². The predicted octanol–water partition coefficient (Wildman–Crippen LogP) is 2.05. The van der Waals surface area contributed by atoms with Crippen LogP contribution >= 0.6 is 0 Å². The van der Waals surface area contributed by atoms with Crippen molar-refractivity contribution in [2.45, 2.75) is 25.1 Å². The summed E-state index contributed by atoms with van der Waals surface area (Å²) in [6, 6.07) is 1.19. The Kier molecular flexibility index (Phi) is 4.75. The van der Waals surface area contributed by atoms with Gasteiger partial charge in [0.1, 0.15) is 16.9 Å². The number of aromatic nitrogens is 5. The minimum absolute atomic E-state index is 0.135. The summed E-state index contributed by atoms with van der Waals surface area (Å²) < 4.78 is 43.8. The van der Waals surface area contributed by atoms with Gasteiger partial charge in [0.15, 0.2) is 6.61 Å². The zero-order valence-corrected chi connectivity index (χ0v) is 14.7. The van der Waals surface area contributed by atoms with E-state index in [0.717, 1.165) is 25.9 Å². The SMILES string of the molecule is O=c1[nH]c(OCC(F)(F)F)nc2c(-c3cn(C4CCCNC4)cn3)nccc12. The first-order valence-corrected chi connectivity index (χ1v) is 8.74. The van der Waals surface area contributed by atoms with E-state index in [2.05, 4.69) is 30.0 Å². The fourth-order valence-corrected chi connectivity index (χ4v) is 3.20. The van der Waals surface area contributed by atoms with Crippen LogP contribution in [0, 0.1) is 0 Å². The number of hydrogen-bond acceptors (Lipinski definition) is 6. The molecule has 11 heteroatoms. The van der Waals surface area contributed by atoms with Crippen LogP contribution in [0.25, 0.3) is 22.3 Å². The monoisotopic (exact) mass is 394 g/mol. The summed E-state index contributed by atoms with van der Waals surface area (Å²) in [4.78, 5) is 27.1. The Morgan fingerprint density at radius 3 is 2.93 bits per heavy atom. The van der Waals surface area contributed by atoms with Gasteiger partial charge in [0, 0.05) is 25.0 Å². The molecule has 0 amide bonds. The van der Waals surface area contributed by atoms with Crippen LogP contribution < -0.4 is 15.6 Å². The van der Waals surface area contributed by atoms with Gasteiger partial charge in [0.2, 0.25) is 0 Å². The lowest BCUT2D eigenvalue weighted by molar-refractivity contribution is -0.154. The Balaban J connectivity index is 1.71. The molecule has 0 saturated carbocycles. The molecule has 28 heavy (non-hydrogen) atoms. The zero-order valence-electron chi connectivity index (χ0n) is 14.7. The number of H-pyrrole nitrogens is 1. The second kappa shape index (κ2) is 7.23. The molecule has 2 N–H and O–H groups in total. The summed E-state index contributed by atoms with van der Waals surface area (Å²) in [5.74, 6) is 0. The minimum Gasteiger partial charge on any atom is -0.455 e. The molecule has 0 aromatic carbocycles. The van der Waals surface area contributed by atoms with Gasteiger partial charge >= 0.3 is 6.18 Å². The van der Waals surface area contributed by atoms with Gasteiger partial charge in [-0.05, 0) is 25.5 Å². The highest BCUT2D eigenvalue weighted by molar-refractivity contribution is 5.89. The van der Waals surface area contributed by atoms with E-state index in [1.54, 1.807) is 12.5 Å². The number of ether oxygens (including phenoxy) is 1. The molecular weight excluding hydrogens is 377 g/mol. The quantitative estimate of drug-likeness (QED) is 0.703. The summed E-state index contributed by atoms with van der Waals surface area (Å²) >= 11 is 0. The Morgan fingerprint density at radius 2 is 2.18 bits per heavy atom. The zero-order chi connectivity index (χ0) is 19.7. The van der Waals surface area contributed by atoms with Crippen molar-refractivity contribution in [1.82, 2.24) is 29.8 Å². The summed E-state index contributed by atoms with van der Waals surface area (Å²) in [6.45, 7) is 0.253. The van der Waals surface area contributed by atoms with Crippen molar-refractivity contribution >= 4 is 10.9 Å². The van der Waals surface area contributed by atoms with Crippen LogP contribution in [0.3, 0.4) is 0 Å². The van der Waals surface area contributed by atoms with E-state index < -0.39 is 24.4 Å². The van der Waals surface area contributed by atoms with E-state index in [4.69, 9.17) is 0 Å². The molecule has 148 valence electrons. The molecule has 0 radical (unpaired) electrons. The number of fused-ring (bicyclic) bond motifs is 1. The highest BCUT2D eigenvalue weighted by Gasteiger charge is 2.29. The molecule has 4 rings (SSSR count). The Bertz CT molecular complexity index is 1040. The average molecular weight is 394 g/mol. The summed E-state index contributed by atoms with van der Waals surface area (Å²) in [6.07, 6.45) is 2.45. The molecule has 1 atom stereocenters. The normalized spacial score (nSPS) is 17.8. The molecule has 1 aliphatic heterocycles. The molecule has 0 aliphatic carbocycles. The van der Waals surface area contributed by atoms with E-state index >= 15 is 0 Å². The first-order chi connectivity index (χ1) is 13.4. The number of rotatable bonds is 4. The van der Waals surface area contributed by atoms with E-state index in [1.165, 1.54) is 12.3 Å². The molecule has 0 bridgehead atoms. The Hall–Kier alpha value is -2.95. The van der Waals surface area contributed by atoms with Gasteiger partial charge in [-0.15, -0.1) is 0 Å². The minimum atomic E-state index is -4.54. The van der Waals surface area contributed by atoms with E-state index in [1.807, 2.05) is 4.57 Å². The highest BCUT2D eigenvalue weighted by atomic mass is 19.4. The smallest absolute Gasteiger partial charge is 0.422 e. The lowest BCUT2D eigenvalue weighted by Crippen LogP contribution is -2.31. The maximum atomic E-state index is 12.4. The van der Waals surface area contributed by atoms with Crippen LogP contribution in [0.15, 0.2) is 29.6 Å². The largest absolute Gasteiger partial charge is 0.455 e. The van der Waals surface area contributed by atoms with Crippen molar-refractivity contribution in [2.24, 2.45) is 0 Å². The molecule has 1 saturated heterocycles. The lowest BCUT2D eigenvalue weighted by atomic mass is 10.1. The van der Waals surface area contributed by atoms with Gasteiger partial charge < -0.3 is 14.6 Å². The molecule has 3 aromatic heterocycles.